The van der Waals surface area contributed by atoms with Crippen LogP contribution >= 0.6 is 0 Å². The lowest BCUT2D eigenvalue weighted by atomic mass is 10.2. The molecule has 116 valence electrons. The molecule has 1 amide bonds. The number of alkyl halides is 3. The van der Waals surface area contributed by atoms with Crippen LogP contribution in [0.4, 0.5) is 29.3 Å². The van der Waals surface area contributed by atoms with E-state index in [-0.39, 0.29) is 11.3 Å². The molecule has 0 aliphatic heterocycles. The number of hydrogen-bond acceptors (Lipinski definition) is 2. The number of aryl methyl sites for hydroxylation is 1. The Morgan fingerprint density at radius 1 is 1.09 bits per heavy atom. The maximum absolute atomic E-state index is 12.4. The highest BCUT2D eigenvalue weighted by atomic mass is 19.4. The Balaban J connectivity index is 2.45. The molecule has 0 atom stereocenters. The van der Waals surface area contributed by atoms with E-state index in [1.807, 2.05) is 0 Å². The van der Waals surface area contributed by atoms with Crippen molar-refractivity contribution >= 4 is 17.5 Å². The number of hydrogen-bond donors (Lipinski definition) is 1. The summed E-state index contributed by atoms with van der Waals surface area (Å²) in [7, 11) is 0. The van der Waals surface area contributed by atoms with Crippen LogP contribution in [0.3, 0.4) is 0 Å². The molecule has 0 aromatic heterocycles. The molecule has 0 saturated carbocycles. The molecule has 4 nitrogen and oxygen atoms in total. The number of amides is 1. The van der Waals surface area contributed by atoms with Crippen molar-refractivity contribution in [1.82, 2.24) is 0 Å². The van der Waals surface area contributed by atoms with Gasteiger partial charge in [-0.25, -0.2) is 9.69 Å². The third kappa shape index (κ3) is 3.69. The topological polar surface area (TPSA) is 49.8 Å². The van der Waals surface area contributed by atoms with Crippen molar-refractivity contribution in [1.29, 1.82) is 0 Å². The van der Waals surface area contributed by atoms with Crippen molar-refractivity contribution in [2.75, 3.05) is 4.90 Å². The Kier molecular flexibility index (Phi) is 4.25. The molecule has 0 bridgehead atoms. The summed E-state index contributed by atoms with van der Waals surface area (Å²) in [5.74, 6) is -0.438. The Labute approximate surface area is 124 Å². The van der Waals surface area contributed by atoms with E-state index in [1.165, 1.54) is 31.2 Å². The second kappa shape index (κ2) is 5.97. The third-order valence-electron chi connectivity index (χ3n) is 2.86. The Hall–Kier alpha value is -2.70. The van der Waals surface area contributed by atoms with Crippen LogP contribution in [0.25, 0.3) is 0 Å². The van der Waals surface area contributed by atoms with Gasteiger partial charge in [0.25, 0.3) is 0 Å². The smallest absolute Gasteiger partial charge is 0.464 e. The van der Waals surface area contributed by atoms with Crippen molar-refractivity contribution in [2.24, 2.45) is 0 Å². The van der Waals surface area contributed by atoms with Crippen LogP contribution in [0.2, 0.25) is 0 Å². The van der Waals surface area contributed by atoms with E-state index < -0.39 is 18.2 Å². The number of ether oxygens (including phenoxy) is 1. The van der Waals surface area contributed by atoms with Crippen LogP contribution in [-0.4, -0.2) is 17.6 Å². The molecular weight excluding hydrogens is 299 g/mol. The minimum Gasteiger partial charge on any atom is -0.464 e. The van der Waals surface area contributed by atoms with Gasteiger partial charge in [-0.3, -0.25) is 0 Å². The molecule has 0 radical (unpaired) electrons. The lowest BCUT2D eigenvalue weighted by Crippen LogP contribution is -2.24. The van der Waals surface area contributed by atoms with E-state index >= 15 is 0 Å². The van der Waals surface area contributed by atoms with Gasteiger partial charge in [0.15, 0.2) is 0 Å². The molecule has 1 N–H and O–H groups in total. The summed E-state index contributed by atoms with van der Waals surface area (Å²) in [5, 5.41) is 9.34. The van der Waals surface area contributed by atoms with Crippen molar-refractivity contribution in [3.05, 3.63) is 54.1 Å². The standard InChI is InChI=1S/C15H12F3NO3/c1-10-7-8-12(9-13(10)22-15(16,17)18)19(14(20)21)11-5-3-2-4-6-11/h2-9H,1H3,(H,20,21). The van der Waals surface area contributed by atoms with Crippen molar-refractivity contribution in [3.63, 3.8) is 0 Å². The monoisotopic (exact) mass is 311 g/mol. The summed E-state index contributed by atoms with van der Waals surface area (Å²) < 4.78 is 41.1. The van der Waals surface area contributed by atoms with E-state index in [0.29, 0.717) is 5.69 Å². The summed E-state index contributed by atoms with van der Waals surface area (Å²) in [5.41, 5.74) is 0.625. The highest BCUT2D eigenvalue weighted by molar-refractivity contribution is 5.95. The fourth-order valence-electron chi connectivity index (χ4n) is 1.91. The normalized spacial score (nSPS) is 11.1. The molecule has 0 fully saturated rings. The SMILES string of the molecule is Cc1ccc(N(C(=O)O)c2ccccc2)cc1OC(F)(F)F. The van der Waals surface area contributed by atoms with Crippen molar-refractivity contribution in [3.8, 4) is 5.75 Å². The summed E-state index contributed by atoms with van der Waals surface area (Å²) in [6.45, 7) is 1.44. The average Bonchev–Trinajstić information content (AvgIpc) is 2.42. The van der Waals surface area contributed by atoms with Gasteiger partial charge in [-0.1, -0.05) is 24.3 Å². The molecule has 0 aliphatic rings. The van der Waals surface area contributed by atoms with E-state index in [4.69, 9.17) is 0 Å². The summed E-state index contributed by atoms with van der Waals surface area (Å²) >= 11 is 0. The highest BCUT2D eigenvalue weighted by Crippen LogP contribution is 2.33. The Morgan fingerprint density at radius 2 is 1.73 bits per heavy atom. The largest absolute Gasteiger partial charge is 0.573 e. The molecule has 7 heteroatoms. The van der Waals surface area contributed by atoms with Gasteiger partial charge in [-0.05, 0) is 30.7 Å². The van der Waals surface area contributed by atoms with Gasteiger partial charge in [-0.2, -0.15) is 0 Å². The Morgan fingerprint density at radius 3 is 2.27 bits per heavy atom. The van der Waals surface area contributed by atoms with Gasteiger partial charge in [0.05, 0.1) is 11.4 Å². The molecular formula is C15H12F3NO3. The first kappa shape index (κ1) is 15.7. The van der Waals surface area contributed by atoms with Gasteiger partial charge in [0.2, 0.25) is 0 Å². The van der Waals surface area contributed by atoms with Gasteiger partial charge in [0.1, 0.15) is 5.75 Å². The van der Waals surface area contributed by atoms with Crippen LogP contribution in [0.5, 0.6) is 5.75 Å². The second-order valence-corrected chi connectivity index (χ2v) is 4.45. The molecule has 2 rings (SSSR count). The van der Waals surface area contributed by atoms with Crippen molar-refractivity contribution in [2.45, 2.75) is 13.3 Å². The maximum Gasteiger partial charge on any atom is 0.573 e. The molecule has 0 heterocycles. The molecule has 0 saturated heterocycles. The van der Waals surface area contributed by atoms with Gasteiger partial charge in [-0.15, -0.1) is 13.2 Å². The zero-order valence-electron chi connectivity index (χ0n) is 11.5. The summed E-state index contributed by atoms with van der Waals surface area (Å²) in [6.07, 6.45) is -6.16. The summed E-state index contributed by atoms with van der Waals surface area (Å²) in [6, 6.07) is 11.9. The van der Waals surface area contributed by atoms with E-state index in [9.17, 15) is 23.1 Å². The lowest BCUT2D eigenvalue weighted by molar-refractivity contribution is -0.274. The zero-order valence-corrected chi connectivity index (χ0v) is 11.5. The van der Waals surface area contributed by atoms with Crippen LogP contribution in [-0.2, 0) is 0 Å². The first-order chi connectivity index (χ1) is 10.3. The number of carboxylic acid groups (broad SMARTS) is 1. The zero-order chi connectivity index (χ0) is 16.3. The highest BCUT2D eigenvalue weighted by Gasteiger charge is 2.32. The fraction of sp³-hybridized carbons (Fsp3) is 0.133. The Bertz CT molecular complexity index is 671. The minimum atomic E-state index is -4.84. The predicted octanol–water partition coefficient (Wildman–Crippen LogP) is 4.71. The number of halogens is 3. The van der Waals surface area contributed by atoms with Crippen molar-refractivity contribution < 1.29 is 27.8 Å². The number of carbonyl (C=O) groups is 1. The summed E-state index contributed by atoms with van der Waals surface area (Å²) in [4.78, 5) is 12.3. The van der Waals surface area contributed by atoms with E-state index in [1.54, 1.807) is 18.2 Å². The molecule has 2 aromatic rings. The molecule has 0 unspecified atom stereocenters. The van der Waals surface area contributed by atoms with Crippen LogP contribution in [0.1, 0.15) is 5.56 Å². The average molecular weight is 311 g/mol. The molecule has 22 heavy (non-hydrogen) atoms. The minimum absolute atomic E-state index is 0.0588. The third-order valence-corrected chi connectivity index (χ3v) is 2.86. The number of benzene rings is 2. The predicted molar refractivity (Wildman–Crippen MR) is 74.5 cm³/mol. The first-order valence-electron chi connectivity index (χ1n) is 6.22. The van der Waals surface area contributed by atoms with E-state index in [0.717, 1.165) is 11.0 Å². The number of rotatable bonds is 3. The number of anilines is 2. The van der Waals surface area contributed by atoms with Gasteiger partial charge >= 0.3 is 12.5 Å². The quantitative estimate of drug-likeness (QED) is 0.893. The van der Waals surface area contributed by atoms with Crippen LogP contribution in [0.15, 0.2) is 48.5 Å². The molecule has 0 spiro atoms. The number of para-hydroxylation sites is 1. The lowest BCUT2D eigenvalue weighted by Gasteiger charge is -2.21. The molecule has 0 aliphatic carbocycles. The molecule has 2 aromatic carbocycles. The van der Waals surface area contributed by atoms with Crippen LogP contribution in [0, 0.1) is 6.92 Å². The van der Waals surface area contributed by atoms with Crippen LogP contribution < -0.4 is 9.64 Å². The first-order valence-corrected chi connectivity index (χ1v) is 6.22. The fourth-order valence-corrected chi connectivity index (χ4v) is 1.91. The number of nitrogens with zero attached hydrogens (tertiary/aromatic N) is 1. The second-order valence-electron chi connectivity index (χ2n) is 4.45. The van der Waals surface area contributed by atoms with Gasteiger partial charge in [0, 0.05) is 6.07 Å². The van der Waals surface area contributed by atoms with E-state index in [2.05, 4.69) is 4.74 Å². The maximum atomic E-state index is 12.4. The van der Waals surface area contributed by atoms with Gasteiger partial charge < -0.3 is 9.84 Å².